The second kappa shape index (κ2) is 10.9. The number of nitrogens with two attached hydrogens (primary N) is 1. The average Bonchev–Trinajstić information content (AvgIpc) is 2.80. The molecule has 186 valence electrons. The Balaban J connectivity index is 1.88. The number of pyridine rings is 1. The number of amides is 1. The average molecular weight is 493 g/mol. The maximum atomic E-state index is 13.7. The molecule has 1 aromatic carbocycles. The lowest BCUT2D eigenvalue weighted by molar-refractivity contribution is -0.0380. The minimum atomic E-state index is -2.60. The Kier molecular flexibility index (Phi) is 8.41. The van der Waals surface area contributed by atoms with Gasteiger partial charge < -0.3 is 20.9 Å². The number of benzene rings is 1. The zero-order valence-electron chi connectivity index (χ0n) is 20.3. The number of carbonyl (C=O) groups is 1. The maximum absolute atomic E-state index is 13.7. The molecule has 0 radical (unpaired) electrons. The topological polar surface area (TPSA) is 91.2 Å². The van der Waals surface area contributed by atoms with Gasteiger partial charge in [-0.3, -0.25) is 9.59 Å². The number of anilines is 1. The molecule has 2 aromatic rings. The first-order valence-corrected chi connectivity index (χ1v) is 12.9. The number of H-pyrrole nitrogens is 1. The van der Waals surface area contributed by atoms with Crippen molar-refractivity contribution in [3.05, 3.63) is 56.5 Å². The van der Waals surface area contributed by atoms with Gasteiger partial charge in [-0.15, -0.1) is 11.8 Å². The fraction of sp³-hybridized carbons (Fsp3) is 0.520. The molecule has 1 heterocycles. The lowest BCUT2D eigenvalue weighted by Crippen LogP contribution is -2.41. The van der Waals surface area contributed by atoms with E-state index in [1.54, 1.807) is 6.07 Å². The molecule has 1 amide bonds. The number of aryl methyl sites for hydroxylation is 1. The molecule has 1 saturated carbocycles. The number of hydrogen-bond donors (Lipinski definition) is 3. The van der Waals surface area contributed by atoms with Crippen LogP contribution in [0.3, 0.4) is 0 Å². The van der Waals surface area contributed by atoms with Gasteiger partial charge in [-0.1, -0.05) is 0 Å². The van der Waals surface area contributed by atoms with Gasteiger partial charge in [-0.2, -0.15) is 0 Å². The number of thioether (sulfide) groups is 1. The highest BCUT2D eigenvalue weighted by Gasteiger charge is 2.37. The van der Waals surface area contributed by atoms with E-state index in [0.717, 1.165) is 27.4 Å². The summed E-state index contributed by atoms with van der Waals surface area (Å²) in [7, 11) is 0. The summed E-state index contributed by atoms with van der Waals surface area (Å²) >= 11 is 1.46. The molecule has 0 unspecified atom stereocenters. The molecule has 0 atom stereocenters. The van der Waals surface area contributed by atoms with Gasteiger partial charge >= 0.3 is 0 Å². The Morgan fingerprint density at radius 1 is 1.26 bits per heavy atom. The van der Waals surface area contributed by atoms with Crippen LogP contribution < -0.4 is 21.5 Å². The van der Waals surface area contributed by atoms with Crippen LogP contribution in [0.1, 0.15) is 65.3 Å². The van der Waals surface area contributed by atoms with E-state index >= 15 is 0 Å². The van der Waals surface area contributed by atoms with E-state index in [2.05, 4.69) is 15.2 Å². The maximum Gasteiger partial charge on any atom is 0.254 e. The minimum absolute atomic E-state index is 0.0116. The molecular formula is C25H34F2N4O2S. The molecule has 0 bridgehead atoms. The molecule has 34 heavy (non-hydrogen) atoms. The van der Waals surface area contributed by atoms with E-state index in [9.17, 15) is 18.4 Å². The number of carbonyl (C=O) groups excluding carboxylic acids is 1. The van der Waals surface area contributed by atoms with Crippen molar-refractivity contribution in [1.82, 2.24) is 10.3 Å². The highest BCUT2D eigenvalue weighted by atomic mass is 32.2. The number of rotatable bonds is 8. The molecule has 6 nitrogen and oxygen atoms in total. The first-order valence-electron chi connectivity index (χ1n) is 11.6. The van der Waals surface area contributed by atoms with Gasteiger partial charge in [0, 0.05) is 65.9 Å². The van der Waals surface area contributed by atoms with Crippen molar-refractivity contribution >= 4 is 23.4 Å². The van der Waals surface area contributed by atoms with E-state index in [1.807, 2.05) is 39.2 Å². The molecule has 0 aliphatic heterocycles. The number of aromatic nitrogens is 1. The molecule has 1 fully saturated rings. The smallest absolute Gasteiger partial charge is 0.254 e. The minimum Gasteiger partial charge on any atom is -0.369 e. The third-order valence-corrected chi connectivity index (χ3v) is 7.38. The zero-order chi connectivity index (χ0) is 25.0. The first kappa shape index (κ1) is 26.2. The van der Waals surface area contributed by atoms with Crippen LogP contribution in [-0.2, 0) is 13.1 Å². The zero-order valence-corrected chi connectivity index (χ0v) is 21.1. The highest BCUT2D eigenvalue weighted by molar-refractivity contribution is 7.98. The summed E-state index contributed by atoms with van der Waals surface area (Å²) in [6.07, 6.45) is 2.45. The van der Waals surface area contributed by atoms with Crippen molar-refractivity contribution in [2.45, 2.75) is 76.4 Å². The monoisotopic (exact) mass is 492 g/mol. The fourth-order valence-corrected chi connectivity index (χ4v) is 5.38. The molecule has 9 heteroatoms. The van der Waals surface area contributed by atoms with E-state index < -0.39 is 5.92 Å². The van der Waals surface area contributed by atoms with E-state index in [1.165, 1.54) is 11.8 Å². The van der Waals surface area contributed by atoms with Crippen molar-refractivity contribution in [3.63, 3.8) is 0 Å². The first-order chi connectivity index (χ1) is 16.1. The van der Waals surface area contributed by atoms with Crippen LogP contribution in [0, 0.1) is 13.8 Å². The van der Waals surface area contributed by atoms with Crippen molar-refractivity contribution in [3.8, 4) is 0 Å². The fourth-order valence-electron chi connectivity index (χ4n) is 4.67. The predicted octanol–water partition coefficient (Wildman–Crippen LogP) is 4.51. The van der Waals surface area contributed by atoms with Crippen molar-refractivity contribution in [1.29, 1.82) is 0 Å². The van der Waals surface area contributed by atoms with Gasteiger partial charge in [0.15, 0.2) is 0 Å². The number of aromatic amines is 1. The summed E-state index contributed by atoms with van der Waals surface area (Å²) in [4.78, 5) is 31.4. The highest BCUT2D eigenvalue weighted by Crippen LogP contribution is 2.38. The van der Waals surface area contributed by atoms with Crippen molar-refractivity contribution in [2.24, 2.45) is 5.73 Å². The summed E-state index contributed by atoms with van der Waals surface area (Å²) in [5, 5.41) is 2.89. The summed E-state index contributed by atoms with van der Waals surface area (Å²) in [5.41, 5.74) is 9.89. The van der Waals surface area contributed by atoms with Gasteiger partial charge in [0.2, 0.25) is 5.92 Å². The van der Waals surface area contributed by atoms with E-state index in [0.29, 0.717) is 30.5 Å². The molecule has 3 rings (SSSR count). The van der Waals surface area contributed by atoms with Gasteiger partial charge in [0.1, 0.15) is 0 Å². The van der Waals surface area contributed by atoms with Crippen LogP contribution in [0.15, 0.2) is 27.9 Å². The van der Waals surface area contributed by atoms with Crippen LogP contribution in [-0.4, -0.2) is 35.7 Å². The number of halogens is 2. The molecular weight excluding hydrogens is 458 g/mol. The summed E-state index contributed by atoms with van der Waals surface area (Å²) in [6, 6.07) is 5.60. The molecule has 4 N–H and O–H groups in total. The molecule has 0 spiro atoms. The molecule has 1 aromatic heterocycles. The Labute approximate surface area is 203 Å². The van der Waals surface area contributed by atoms with Crippen LogP contribution in [0.4, 0.5) is 14.5 Å². The Morgan fingerprint density at radius 2 is 1.94 bits per heavy atom. The number of nitrogens with one attached hydrogen (secondary N) is 2. The second-order valence-corrected chi connectivity index (χ2v) is 9.72. The third kappa shape index (κ3) is 5.81. The van der Waals surface area contributed by atoms with Crippen LogP contribution in [0.2, 0.25) is 0 Å². The molecule has 1 aliphatic carbocycles. The van der Waals surface area contributed by atoms with Crippen LogP contribution >= 0.6 is 11.8 Å². The van der Waals surface area contributed by atoms with Gasteiger partial charge in [0.25, 0.3) is 11.5 Å². The molecule has 0 saturated heterocycles. The lowest BCUT2D eigenvalue weighted by Gasteiger charge is -2.39. The Bertz CT molecular complexity index is 1090. The summed E-state index contributed by atoms with van der Waals surface area (Å²) in [6.45, 7) is 6.68. The predicted molar refractivity (Wildman–Crippen MR) is 134 cm³/mol. The van der Waals surface area contributed by atoms with E-state index in [-0.39, 0.29) is 43.4 Å². The quantitative estimate of drug-likeness (QED) is 0.472. The third-order valence-electron chi connectivity index (χ3n) is 6.57. The van der Waals surface area contributed by atoms with Gasteiger partial charge in [-0.05, 0) is 69.2 Å². The van der Waals surface area contributed by atoms with E-state index in [4.69, 9.17) is 5.73 Å². The largest absolute Gasteiger partial charge is 0.369 e. The van der Waals surface area contributed by atoms with Crippen molar-refractivity contribution < 1.29 is 13.6 Å². The Hall–Kier alpha value is -2.39. The SMILES string of the molecule is CCN(c1cc(CN)cc(C(=O)NCc2c(SC)cc(C)[nH]c2=O)c1C)C1CCC(F)(F)CC1. The second-order valence-electron chi connectivity index (χ2n) is 8.88. The number of hydrogen-bond acceptors (Lipinski definition) is 5. The number of alkyl halides is 2. The van der Waals surface area contributed by atoms with Gasteiger partial charge in [-0.25, -0.2) is 8.78 Å². The molecule has 1 aliphatic rings. The number of nitrogens with zero attached hydrogens (tertiary/aromatic N) is 1. The van der Waals surface area contributed by atoms with Crippen LogP contribution in [0.5, 0.6) is 0 Å². The summed E-state index contributed by atoms with van der Waals surface area (Å²) < 4.78 is 27.5. The standard InChI is InChI=1S/C25H34F2N4O2S/c1-5-31(18-6-8-25(26,27)9-7-18)21-12-17(13-28)11-19(16(21)3)23(32)29-14-20-22(34-4)10-15(2)30-24(20)33/h10-12,18H,5-9,13-14,28H2,1-4H3,(H,29,32)(H,30,33). The van der Waals surface area contributed by atoms with Gasteiger partial charge in [0.05, 0.1) is 0 Å². The Morgan fingerprint density at radius 3 is 2.53 bits per heavy atom. The normalized spacial score (nSPS) is 15.9. The lowest BCUT2D eigenvalue weighted by atomic mass is 9.90. The van der Waals surface area contributed by atoms with Crippen molar-refractivity contribution in [2.75, 3.05) is 17.7 Å². The summed E-state index contributed by atoms with van der Waals surface area (Å²) in [5.74, 6) is -2.90. The van der Waals surface area contributed by atoms with Crippen LogP contribution in [0.25, 0.3) is 0 Å².